The van der Waals surface area contributed by atoms with Crippen LogP contribution in [0.15, 0.2) is 54.9 Å². The molecule has 2 heterocycles. The molecule has 0 unspecified atom stereocenters. The van der Waals surface area contributed by atoms with E-state index in [1.807, 2.05) is 63.2 Å². The van der Waals surface area contributed by atoms with Gasteiger partial charge in [0.1, 0.15) is 11.4 Å². The number of pyridine rings is 1. The average Bonchev–Trinajstić information content (AvgIpc) is 2.75. The quantitative estimate of drug-likeness (QED) is 0.475. The highest BCUT2D eigenvalue weighted by Crippen LogP contribution is 2.35. The van der Waals surface area contributed by atoms with E-state index in [1.165, 1.54) is 0 Å². The van der Waals surface area contributed by atoms with Crippen molar-refractivity contribution in [2.75, 3.05) is 17.2 Å². The van der Waals surface area contributed by atoms with Crippen LogP contribution in [0.25, 0.3) is 11.3 Å². The smallest absolute Gasteiger partial charge is 0.394 e. The molecule has 3 rings (SSSR count). The number of rotatable bonds is 7. The third-order valence-electron chi connectivity index (χ3n) is 5.00. The van der Waals surface area contributed by atoms with Gasteiger partial charge in [-0.1, -0.05) is 51.1 Å². The SMILES string of the molecule is CC(C)(C)[C@H](CO)Nc1nc(NCc2ccc(-c3ccccn3)cc2)ncc1C(F)(F)F. The number of nitrogens with zero attached hydrogens (tertiary/aromatic N) is 3. The predicted molar refractivity (Wildman–Crippen MR) is 118 cm³/mol. The topological polar surface area (TPSA) is 83.0 Å². The van der Waals surface area contributed by atoms with Gasteiger partial charge < -0.3 is 15.7 Å². The summed E-state index contributed by atoms with van der Waals surface area (Å²) in [6.45, 7) is 5.46. The van der Waals surface area contributed by atoms with E-state index < -0.39 is 23.2 Å². The maximum atomic E-state index is 13.5. The van der Waals surface area contributed by atoms with E-state index in [2.05, 4.69) is 25.6 Å². The molecule has 0 saturated heterocycles. The number of aliphatic hydroxyl groups is 1. The minimum atomic E-state index is -4.62. The zero-order valence-electron chi connectivity index (χ0n) is 18.1. The molecule has 0 radical (unpaired) electrons. The van der Waals surface area contributed by atoms with E-state index in [1.54, 1.807) is 6.20 Å². The third kappa shape index (κ3) is 5.94. The standard InChI is InChI=1S/C23H26F3N5O/c1-22(2,3)19(14-32)30-20-17(23(24,25)26)13-29-21(31-20)28-12-15-7-9-16(10-8-15)18-6-4-5-11-27-18/h4-11,13,19,32H,12,14H2,1-3H3,(H2,28,29,30,31)/t19-/m0/s1. The van der Waals surface area contributed by atoms with E-state index >= 15 is 0 Å². The number of nitrogens with one attached hydrogen (secondary N) is 2. The van der Waals surface area contributed by atoms with E-state index in [0.29, 0.717) is 6.54 Å². The first-order valence-electron chi connectivity index (χ1n) is 10.1. The summed E-state index contributed by atoms with van der Waals surface area (Å²) in [5.41, 5.74) is 1.26. The molecule has 0 amide bonds. The maximum Gasteiger partial charge on any atom is 0.421 e. The second kappa shape index (κ2) is 9.52. The molecule has 3 N–H and O–H groups in total. The van der Waals surface area contributed by atoms with Crippen molar-refractivity contribution in [2.45, 2.75) is 39.5 Å². The number of alkyl halides is 3. The van der Waals surface area contributed by atoms with Crippen LogP contribution in [0.5, 0.6) is 0 Å². The Bertz CT molecular complexity index is 1020. The van der Waals surface area contributed by atoms with Gasteiger partial charge >= 0.3 is 6.18 Å². The van der Waals surface area contributed by atoms with Crippen LogP contribution in [0.1, 0.15) is 31.9 Å². The van der Waals surface area contributed by atoms with Gasteiger partial charge in [-0.2, -0.15) is 18.2 Å². The molecule has 0 saturated carbocycles. The lowest BCUT2D eigenvalue weighted by Crippen LogP contribution is -2.38. The molecule has 0 fully saturated rings. The van der Waals surface area contributed by atoms with Crippen molar-refractivity contribution in [1.82, 2.24) is 15.0 Å². The number of aromatic nitrogens is 3. The van der Waals surface area contributed by atoms with Gasteiger partial charge in [-0.15, -0.1) is 0 Å². The highest BCUT2D eigenvalue weighted by atomic mass is 19.4. The van der Waals surface area contributed by atoms with Crippen LogP contribution in [0, 0.1) is 5.41 Å². The molecule has 1 aromatic carbocycles. The van der Waals surface area contributed by atoms with E-state index in [4.69, 9.17) is 0 Å². The first kappa shape index (κ1) is 23.5. The van der Waals surface area contributed by atoms with Gasteiger partial charge in [-0.3, -0.25) is 4.98 Å². The zero-order chi connectivity index (χ0) is 23.4. The highest BCUT2D eigenvalue weighted by Gasteiger charge is 2.37. The third-order valence-corrected chi connectivity index (χ3v) is 5.00. The summed E-state index contributed by atoms with van der Waals surface area (Å²) in [6, 6.07) is 12.7. The van der Waals surface area contributed by atoms with Crippen molar-refractivity contribution in [1.29, 1.82) is 0 Å². The second-order valence-corrected chi connectivity index (χ2v) is 8.46. The highest BCUT2D eigenvalue weighted by molar-refractivity contribution is 5.59. The van der Waals surface area contributed by atoms with Crippen LogP contribution in [0.3, 0.4) is 0 Å². The Morgan fingerprint density at radius 1 is 1.00 bits per heavy atom. The van der Waals surface area contributed by atoms with Gasteiger partial charge in [0.15, 0.2) is 0 Å². The molecule has 32 heavy (non-hydrogen) atoms. The van der Waals surface area contributed by atoms with Crippen molar-refractivity contribution >= 4 is 11.8 Å². The van der Waals surface area contributed by atoms with E-state index in [9.17, 15) is 18.3 Å². The molecule has 170 valence electrons. The Labute approximate surface area is 185 Å². The fraction of sp³-hybridized carbons (Fsp3) is 0.348. The van der Waals surface area contributed by atoms with Crippen molar-refractivity contribution in [3.05, 3.63) is 66.0 Å². The number of anilines is 2. The molecule has 9 heteroatoms. The molecule has 0 aliphatic heterocycles. The lowest BCUT2D eigenvalue weighted by molar-refractivity contribution is -0.137. The monoisotopic (exact) mass is 445 g/mol. The van der Waals surface area contributed by atoms with Gasteiger partial charge in [0.2, 0.25) is 5.95 Å². The van der Waals surface area contributed by atoms with Crippen LogP contribution in [0.4, 0.5) is 24.9 Å². The fourth-order valence-electron chi connectivity index (χ4n) is 2.99. The molecule has 0 spiro atoms. The molecule has 0 bridgehead atoms. The molecule has 2 aromatic heterocycles. The fourth-order valence-corrected chi connectivity index (χ4v) is 2.99. The zero-order valence-corrected chi connectivity index (χ0v) is 18.1. The summed E-state index contributed by atoms with van der Waals surface area (Å²) in [5, 5.41) is 15.3. The molecule has 0 aliphatic rings. The Morgan fingerprint density at radius 3 is 2.28 bits per heavy atom. The molecule has 6 nitrogen and oxygen atoms in total. The Hall–Kier alpha value is -3.20. The Balaban J connectivity index is 1.76. The van der Waals surface area contributed by atoms with Gasteiger partial charge in [0, 0.05) is 24.5 Å². The number of hydrogen-bond donors (Lipinski definition) is 3. The van der Waals surface area contributed by atoms with Crippen LogP contribution in [0.2, 0.25) is 0 Å². The van der Waals surface area contributed by atoms with E-state index in [-0.39, 0.29) is 18.4 Å². The largest absolute Gasteiger partial charge is 0.421 e. The normalized spacial score (nSPS) is 13.0. The minimum Gasteiger partial charge on any atom is -0.394 e. The van der Waals surface area contributed by atoms with Gasteiger partial charge in [-0.25, -0.2) is 4.98 Å². The summed E-state index contributed by atoms with van der Waals surface area (Å²) < 4.78 is 40.4. The molecular weight excluding hydrogens is 419 g/mol. The molecule has 3 aromatic rings. The van der Waals surface area contributed by atoms with Crippen LogP contribution >= 0.6 is 0 Å². The van der Waals surface area contributed by atoms with Crippen molar-refractivity contribution in [3.63, 3.8) is 0 Å². The number of aliphatic hydroxyl groups excluding tert-OH is 1. The number of halogens is 3. The lowest BCUT2D eigenvalue weighted by atomic mass is 9.87. The molecule has 0 aliphatic carbocycles. The van der Waals surface area contributed by atoms with Crippen molar-refractivity contribution < 1.29 is 18.3 Å². The number of hydrogen-bond acceptors (Lipinski definition) is 6. The van der Waals surface area contributed by atoms with Gasteiger partial charge in [-0.05, 0) is 23.1 Å². The molecule has 1 atom stereocenters. The maximum absolute atomic E-state index is 13.5. The first-order chi connectivity index (χ1) is 15.1. The summed E-state index contributed by atoms with van der Waals surface area (Å²) >= 11 is 0. The van der Waals surface area contributed by atoms with Crippen LogP contribution in [-0.2, 0) is 12.7 Å². The summed E-state index contributed by atoms with van der Waals surface area (Å²) in [4.78, 5) is 12.2. The molecular formula is C23H26F3N5O. The minimum absolute atomic E-state index is 0.0555. The van der Waals surface area contributed by atoms with Gasteiger partial charge in [0.05, 0.1) is 18.3 Å². The van der Waals surface area contributed by atoms with Gasteiger partial charge in [0.25, 0.3) is 0 Å². The summed E-state index contributed by atoms with van der Waals surface area (Å²) in [5.74, 6) is -0.311. The average molecular weight is 445 g/mol. The second-order valence-electron chi connectivity index (χ2n) is 8.46. The Kier molecular flexibility index (Phi) is 6.98. The first-order valence-corrected chi connectivity index (χ1v) is 10.1. The summed E-state index contributed by atoms with van der Waals surface area (Å²) in [7, 11) is 0. The van der Waals surface area contributed by atoms with Crippen molar-refractivity contribution in [2.24, 2.45) is 5.41 Å². The number of benzene rings is 1. The van der Waals surface area contributed by atoms with E-state index in [0.717, 1.165) is 23.0 Å². The van der Waals surface area contributed by atoms with Crippen LogP contribution in [-0.4, -0.2) is 32.7 Å². The predicted octanol–water partition coefficient (Wildman–Crippen LogP) is 4.99. The summed E-state index contributed by atoms with van der Waals surface area (Å²) in [6.07, 6.45) is -2.15. The lowest BCUT2D eigenvalue weighted by Gasteiger charge is -2.31. The van der Waals surface area contributed by atoms with Crippen LogP contribution < -0.4 is 10.6 Å². The van der Waals surface area contributed by atoms with Crippen molar-refractivity contribution in [3.8, 4) is 11.3 Å². The Morgan fingerprint density at radius 2 is 1.72 bits per heavy atom.